The Morgan fingerprint density at radius 3 is 1.94 bits per heavy atom. The molecule has 2 aliphatic carbocycles. The second-order valence-corrected chi connectivity index (χ2v) is 16.2. The number of benzene rings is 7. The summed E-state index contributed by atoms with van der Waals surface area (Å²) in [5.74, 6) is 0. The minimum absolute atomic E-state index is 0.0917. The van der Waals surface area contributed by atoms with Crippen LogP contribution in [0, 0.1) is 0 Å². The number of nitrogens with zero attached hydrogens (tertiary/aromatic N) is 1. The van der Waals surface area contributed by atoms with Crippen molar-refractivity contribution in [2.24, 2.45) is 0 Å². The largest absolute Gasteiger partial charge is 0.456 e. The van der Waals surface area contributed by atoms with Gasteiger partial charge in [-0.05, 0) is 76.6 Å². The molecule has 2 heterocycles. The van der Waals surface area contributed by atoms with Crippen molar-refractivity contribution in [1.82, 2.24) is 0 Å². The highest BCUT2D eigenvalue weighted by atomic mass is 32.1. The van der Waals surface area contributed by atoms with E-state index in [9.17, 15) is 0 Å². The molecular formula is C51H37NOS. The van der Waals surface area contributed by atoms with E-state index in [0.29, 0.717) is 0 Å². The highest BCUT2D eigenvalue weighted by Gasteiger charge is 2.37. The molecule has 0 fully saturated rings. The molecule has 9 aromatic rings. The number of aryl methyl sites for hydroxylation is 1. The van der Waals surface area contributed by atoms with Gasteiger partial charge in [-0.1, -0.05) is 147 Å². The lowest BCUT2D eigenvalue weighted by Gasteiger charge is -2.34. The number of fused-ring (bicyclic) bond motifs is 9. The van der Waals surface area contributed by atoms with Crippen LogP contribution >= 0.6 is 11.3 Å². The maximum atomic E-state index is 6.44. The van der Waals surface area contributed by atoms with Gasteiger partial charge >= 0.3 is 0 Å². The van der Waals surface area contributed by atoms with E-state index in [1.54, 1.807) is 0 Å². The smallest absolute Gasteiger partial charge is 0.136 e. The Bertz CT molecular complexity index is 2990. The van der Waals surface area contributed by atoms with Gasteiger partial charge in [-0.15, -0.1) is 11.3 Å². The first-order valence-electron chi connectivity index (χ1n) is 18.9. The molecule has 0 aliphatic heterocycles. The molecule has 0 saturated heterocycles. The Hall–Kier alpha value is -6.16. The average Bonchev–Trinajstić information content (AvgIpc) is 3.87. The van der Waals surface area contributed by atoms with Gasteiger partial charge in [0.05, 0.1) is 17.1 Å². The summed E-state index contributed by atoms with van der Waals surface area (Å²) in [5.41, 5.74) is 16.9. The zero-order chi connectivity index (χ0) is 36.0. The van der Waals surface area contributed by atoms with Gasteiger partial charge in [0.15, 0.2) is 0 Å². The summed E-state index contributed by atoms with van der Waals surface area (Å²) in [5, 5.41) is 3.60. The first kappa shape index (κ1) is 31.4. The summed E-state index contributed by atoms with van der Waals surface area (Å²) in [7, 11) is 0. The predicted octanol–water partition coefficient (Wildman–Crippen LogP) is 14.6. The molecule has 258 valence electrons. The standard InChI is InChI=1S/C51H37NOS/c1-51(2)39-23-8-3-18-36(39)48-34(21-13-24-40(48)51)32-16-4-9-25-41(32)52(43-27-15-31-47-50(43)38-20-7-12-30-46(38)54-47)42-26-10-5-17-33(42)35-22-14-29-45-49(35)37-19-6-11-28-44(37)53-45/h3-14,16-30H,15,31H2,1-2H3. The Kier molecular flexibility index (Phi) is 6.93. The molecule has 7 aromatic carbocycles. The van der Waals surface area contributed by atoms with E-state index in [0.717, 1.165) is 40.5 Å². The van der Waals surface area contributed by atoms with Crippen molar-refractivity contribution < 1.29 is 4.42 Å². The fourth-order valence-electron chi connectivity index (χ4n) is 9.36. The number of allylic oxidation sites excluding steroid dienone is 1. The van der Waals surface area contributed by atoms with Crippen molar-refractivity contribution in [1.29, 1.82) is 0 Å². The zero-order valence-electron chi connectivity index (χ0n) is 30.3. The van der Waals surface area contributed by atoms with E-state index in [4.69, 9.17) is 4.42 Å². The summed E-state index contributed by atoms with van der Waals surface area (Å²) in [6, 6.07) is 57.8. The van der Waals surface area contributed by atoms with Crippen LogP contribution in [0.4, 0.5) is 11.4 Å². The van der Waals surface area contributed by atoms with E-state index < -0.39 is 0 Å². The van der Waals surface area contributed by atoms with Gasteiger partial charge in [-0.25, -0.2) is 0 Å². The third-order valence-corrected chi connectivity index (χ3v) is 13.0. The van der Waals surface area contributed by atoms with E-state index in [1.165, 1.54) is 76.4 Å². The van der Waals surface area contributed by atoms with Crippen molar-refractivity contribution in [3.8, 4) is 33.4 Å². The Labute approximate surface area is 319 Å². The number of thiophene rings is 1. The molecule has 0 radical (unpaired) electrons. The molecule has 2 nitrogen and oxygen atoms in total. The SMILES string of the molecule is CC1(C)c2ccccc2-c2c(-c3ccccc3N(C3=CCCc4sc5ccccc5c43)c3ccccc3-c3cccc4oc5ccccc5c34)cccc21. The Morgan fingerprint density at radius 1 is 0.519 bits per heavy atom. The van der Waals surface area contributed by atoms with Crippen LogP contribution in [0.25, 0.3) is 71.1 Å². The Morgan fingerprint density at radius 2 is 1.11 bits per heavy atom. The van der Waals surface area contributed by atoms with Gasteiger partial charge < -0.3 is 9.32 Å². The van der Waals surface area contributed by atoms with Crippen molar-refractivity contribution >= 4 is 60.4 Å². The van der Waals surface area contributed by atoms with Crippen LogP contribution in [-0.2, 0) is 11.8 Å². The van der Waals surface area contributed by atoms with Gasteiger partial charge in [0, 0.05) is 47.8 Å². The number of anilines is 2. The maximum Gasteiger partial charge on any atom is 0.136 e. The number of hydrogen-bond donors (Lipinski definition) is 0. The van der Waals surface area contributed by atoms with Crippen LogP contribution in [0.15, 0.2) is 168 Å². The maximum absolute atomic E-state index is 6.44. The highest BCUT2D eigenvalue weighted by Crippen LogP contribution is 2.55. The lowest BCUT2D eigenvalue weighted by Crippen LogP contribution is -2.19. The molecule has 0 saturated carbocycles. The molecule has 11 rings (SSSR count). The number of para-hydroxylation sites is 3. The lowest BCUT2D eigenvalue weighted by atomic mass is 9.82. The van der Waals surface area contributed by atoms with Crippen molar-refractivity contribution in [3.63, 3.8) is 0 Å². The quantitative estimate of drug-likeness (QED) is 0.177. The number of rotatable bonds is 5. The number of furan rings is 1. The van der Waals surface area contributed by atoms with Crippen LogP contribution in [0.5, 0.6) is 0 Å². The van der Waals surface area contributed by atoms with Crippen LogP contribution in [0.2, 0.25) is 0 Å². The topological polar surface area (TPSA) is 16.4 Å². The van der Waals surface area contributed by atoms with E-state index in [-0.39, 0.29) is 5.41 Å². The molecule has 54 heavy (non-hydrogen) atoms. The highest BCUT2D eigenvalue weighted by molar-refractivity contribution is 7.19. The monoisotopic (exact) mass is 711 g/mol. The van der Waals surface area contributed by atoms with E-state index in [1.807, 2.05) is 11.3 Å². The molecule has 2 aromatic heterocycles. The van der Waals surface area contributed by atoms with Crippen LogP contribution in [0.3, 0.4) is 0 Å². The van der Waals surface area contributed by atoms with Gasteiger partial charge in [-0.2, -0.15) is 0 Å². The molecule has 0 unspecified atom stereocenters. The average molecular weight is 712 g/mol. The fraction of sp³-hybridized carbons (Fsp3) is 0.0980. The molecule has 0 bridgehead atoms. The van der Waals surface area contributed by atoms with Crippen molar-refractivity contribution in [3.05, 3.63) is 185 Å². The first-order valence-corrected chi connectivity index (χ1v) is 19.7. The second kappa shape index (κ2) is 11.9. The second-order valence-electron chi connectivity index (χ2n) is 15.1. The summed E-state index contributed by atoms with van der Waals surface area (Å²) in [4.78, 5) is 4.03. The normalized spacial score (nSPS) is 14.2. The van der Waals surface area contributed by atoms with Crippen molar-refractivity contribution in [2.45, 2.75) is 32.1 Å². The van der Waals surface area contributed by atoms with Crippen LogP contribution < -0.4 is 4.90 Å². The van der Waals surface area contributed by atoms with Crippen LogP contribution in [-0.4, -0.2) is 0 Å². The van der Waals surface area contributed by atoms with E-state index >= 15 is 0 Å². The van der Waals surface area contributed by atoms with Gasteiger partial charge in [0.2, 0.25) is 0 Å². The lowest BCUT2D eigenvalue weighted by molar-refractivity contribution is 0.660. The van der Waals surface area contributed by atoms with Crippen LogP contribution in [0.1, 0.15) is 41.8 Å². The summed E-state index contributed by atoms with van der Waals surface area (Å²) in [6.07, 6.45) is 4.52. The summed E-state index contributed by atoms with van der Waals surface area (Å²) < 4.78 is 7.78. The summed E-state index contributed by atoms with van der Waals surface area (Å²) >= 11 is 1.95. The minimum atomic E-state index is -0.0917. The Balaban J connectivity index is 1.22. The van der Waals surface area contributed by atoms with Crippen molar-refractivity contribution in [2.75, 3.05) is 4.90 Å². The first-order chi connectivity index (χ1) is 26.6. The van der Waals surface area contributed by atoms with Gasteiger partial charge in [-0.3, -0.25) is 0 Å². The molecule has 0 amide bonds. The summed E-state index contributed by atoms with van der Waals surface area (Å²) in [6.45, 7) is 4.73. The predicted molar refractivity (Wildman–Crippen MR) is 229 cm³/mol. The molecule has 0 atom stereocenters. The molecular weight excluding hydrogens is 675 g/mol. The third kappa shape index (κ3) is 4.52. The van der Waals surface area contributed by atoms with E-state index in [2.05, 4.69) is 183 Å². The molecule has 3 heteroatoms. The van der Waals surface area contributed by atoms with Gasteiger partial charge in [0.1, 0.15) is 11.2 Å². The molecule has 0 N–H and O–H groups in total. The minimum Gasteiger partial charge on any atom is -0.456 e. The zero-order valence-corrected chi connectivity index (χ0v) is 31.1. The molecule has 2 aliphatic rings. The fourth-order valence-corrected chi connectivity index (χ4v) is 10.6. The third-order valence-electron chi connectivity index (χ3n) is 11.8. The number of hydrogen-bond acceptors (Lipinski definition) is 3. The van der Waals surface area contributed by atoms with Gasteiger partial charge in [0.25, 0.3) is 0 Å². The molecule has 0 spiro atoms.